The van der Waals surface area contributed by atoms with Gasteiger partial charge in [-0.25, -0.2) is 4.79 Å². The number of aryl methyl sites for hydroxylation is 1. The Balaban J connectivity index is 1.83. The Hall–Kier alpha value is -1.55. The number of benzene rings is 1. The van der Waals surface area contributed by atoms with Crippen LogP contribution < -0.4 is 5.32 Å². The predicted molar refractivity (Wildman–Crippen MR) is 78.8 cm³/mol. The third-order valence-corrected chi connectivity index (χ3v) is 4.46. The predicted octanol–water partition coefficient (Wildman–Crippen LogP) is 2.19. The lowest BCUT2D eigenvalue weighted by molar-refractivity contribution is -0.145. The van der Waals surface area contributed by atoms with Crippen molar-refractivity contribution in [2.24, 2.45) is 0 Å². The number of likely N-dealkylation sites (tertiary alicyclic amines) is 1. The van der Waals surface area contributed by atoms with Gasteiger partial charge in [0.25, 0.3) is 0 Å². The van der Waals surface area contributed by atoms with Crippen molar-refractivity contribution in [2.45, 2.75) is 37.8 Å². The van der Waals surface area contributed by atoms with Crippen LogP contribution in [0.5, 0.6) is 0 Å². The Bertz CT molecular complexity index is 513. The number of ether oxygens (including phenoxy) is 1. The van der Waals surface area contributed by atoms with Crippen molar-refractivity contribution < 1.29 is 9.53 Å². The summed E-state index contributed by atoms with van der Waals surface area (Å²) in [4.78, 5) is 14.7. The first kappa shape index (κ1) is 13.4. The van der Waals surface area contributed by atoms with E-state index < -0.39 is 5.54 Å². The molecule has 0 bridgehead atoms. The molecule has 1 aliphatic heterocycles. The van der Waals surface area contributed by atoms with Gasteiger partial charge < -0.3 is 10.1 Å². The third kappa shape index (κ3) is 2.40. The first-order chi connectivity index (χ1) is 9.64. The molecule has 0 spiro atoms. The van der Waals surface area contributed by atoms with Gasteiger partial charge >= 0.3 is 5.97 Å². The molecular formula is C16H22N2O2. The average molecular weight is 274 g/mol. The normalized spacial score (nSPS) is 26.5. The minimum atomic E-state index is -0.594. The van der Waals surface area contributed by atoms with Gasteiger partial charge in [-0.05, 0) is 37.8 Å². The van der Waals surface area contributed by atoms with Gasteiger partial charge in [0, 0.05) is 24.8 Å². The van der Waals surface area contributed by atoms with Crippen molar-refractivity contribution >= 4 is 11.7 Å². The second kappa shape index (κ2) is 5.09. The second-order valence-corrected chi connectivity index (χ2v) is 5.97. The molecule has 0 radical (unpaired) electrons. The fourth-order valence-electron chi connectivity index (χ4n) is 3.08. The van der Waals surface area contributed by atoms with Crippen LogP contribution in [0, 0.1) is 6.92 Å². The molecule has 1 aromatic carbocycles. The molecule has 4 nitrogen and oxygen atoms in total. The first-order valence-corrected chi connectivity index (χ1v) is 7.31. The van der Waals surface area contributed by atoms with Crippen LogP contribution in [0.15, 0.2) is 24.3 Å². The van der Waals surface area contributed by atoms with Gasteiger partial charge in [0.1, 0.15) is 5.54 Å². The minimum Gasteiger partial charge on any atom is -0.467 e. The number of anilines is 1. The number of carbonyl (C=O) groups is 1. The van der Waals surface area contributed by atoms with E-state index in [4.69, 9.17) is 4.74 Å². The molecule has 1 saturated carbocycles. The number of hydrogen-bond acceptors (Lipinski definition) is 4. The highest BCUT2D eigenvalue weighted by atomic mass is 16.5. The van der Waals surface area contributed by atoms with E-state index in [1.807, 2.05) is 18.2 Å². The smallest absolute Gasteiger partial charge is 0.332 e. The summed E-state index contributed by atoms with van der Waals surface area (Å²) in [6, 6.07) is 8.77. The third-order valence-electron chi connectivity index (χ3n) is 4.46. The highest BCUT2D eigenvalue weighted by Gasteiger charge is 2.49. The monoisotopic (exact) mass is 274 g/mol. The van der Waals surface area contributed by atoms with E-state index in [0.29, 0.717) is 6.04 Å². The number of para-hydroxylation sites is 1. The SMILES string of the molecule is COC(=O)C1(Nc2ccccc2C)CCN(C2CC2)C1. The summed E-state index contributed by atoms with van der Waals surface area (Å²) in [5, 5.41) is 3.47. The van der Waals surface area contributed by atoms with Crippen molar-refractivity contribution in [3.63, 3.8) is 0 Å². The largest absolute Gasteiger partial charge is 0.467 e. The molecule has 1 atom stereocenters. The highest BCUT2D eigenvalue weighted by Crippen LogP contribution is 2.36. The zero-order chi connectivity index (χ0) is 14.2. The van der Waals surface area contributed by atoms with Gasteiger partial charge in [-0.15, -0.1) is 0 Å². The highest BCUT2D eigenvalue weighted by molar-refractivity contribution is 5.85. The number of hydrogen-bond donors (Lipinski definition) is 1. The molecule has 3 rings (SSSR count). The number of esters is 1. The van der Waals surface area contributed by atoms with Gasteiger partial charge in [0.05, 0.1) is 7.11 Å². The number of methoxy groups -OCH3 is 1. The summed E-state index contributed by atoms with van der Waals surface area (Å²) in [6.45, 7) is 3.78. The maximum atomic E-state index is 12.3. The van der Waals surface area contributed by atoms with Crippen LogP contribution in [0.4, 0.5) is 5.69 Å². The maximum absolute atomic E-state index is 12.3. The number of nitrogens with one attached hydrogen (secondary N) is 1. The van der Waals surface area contributed by atoms with E-state index in [1.165, 1.54) is 20.0 Å². The van der Waals surface area contributed by atoms with Crippen LogP contribution in [0.2, 0.25) is 0 Å². The van der Waals surface area contributed by atoms with Crippen LogP contribution in [-0.4, -0.2) is 42.6 Å². The van der Waals surface area contributed by atoms with Gasteiger partial charge in [0.15, 0.2) is 0 Å². The second-order valence-electron chi connectivity index (χ2n) is 5.97. The van der Waals surface area contributed by atoms with Crippen LogP contribution in [-0.2, 0) is 9.53 Å². The first-order valence-electron chi connectivity index (χ1n) is 7.31. The molecule has 1 unspecified atom stereocenters. The Morgan fingerprint density at radius 2 is 2.15 bits per heavy atom. The molecule has 4 heteroatoms. The van der Waals surface area contributed by atoms with Crippen molar-refractivity contribution in [3.8, 4) is 0 Å². The van der Waals surface area contributed by atoms with E-state index in [9.17, 15) is 4.79 Å². The molecule has 2 fully saturated rings. The summed E-state index contributed by atoms with van der Waals surface area (Å²) >= 11 is 0. The Kier molecular flexibility index (Phi) is 3.42. The van der Waals surface area contributed by atoms with Crippen LogP contribution in [0.3, 0.4) is 0 Å². The summed E-state index contributed by atoms with van der Waals surface area (Å²) in [5.74, 6) is -0.149. The number of rotatable bonds is 4. The number of nitrogens with zero attached hydrogens (tertiary/aromatic N) is 1. The standard InChI is InChI=1S/C16H22N2O2/c1-12-5-3-4-6-14(12)17-16(15(19)20-2)9-10-18(11-16)13-7-8-13/h3-6,13,17H,7-11H2,1-2H3. The van der Waals surface area contributed by atoms with Gasteiger partial charge in [-0.3, -0.25) is 4.90 Å². The molecule has 1 N–H and O–H groups in total. The molecule has 20 heavy (non-hydrogen) atoms. The summed E-state index contributed by atoms with van der Waals surface area (Å²) < 4.78 is 5.07. The van der Waals surface area contributed by atoms with Gasteiger partial charge in [0.2, 0.25) is 0 Å². The quantitative estimate of drug-likeness (QED) is 0.855. The van der Waals surface area contributed by atoms with Crippen molar-refractivity contribution in [2.75, 3.05) is 25.5 Å². The van der Waals surface area contributed by atoms with E-state index >= 15 is 0 Å². The Morgan fingerprint density at radius 3 is 2.80 bits per heavy atom. The fraction of sp³-hybridized carbons (Fsp3) is 0.562. The molecule has 1 aliphatic carbocycles. The zero-order valence-corrected chi connectivity index (χ0v) is 12.2. The summed E-state index contributed by atoms with van der Waals surface area (Å²) in [6.07, 6.45) is 3.34. The summed E-state index contributed by atoms with van der Waals surface area (Å²) in [5.41, 5.74) is 1.58. The maximum Gasteiger partial charge on any atom is 0.332 e. The van der Waals surface area contributed by atoms with E-state index in [1.54, 1.807) is 0 Å². The number of carbonyl (C=O) groups excluding carboxylic acids is 1. The van der Waals surface area contributed by atoms with E-state index in [2.05, 4.69) is 23.2 Å². The molecule has 0 amide bonds. The molecule has 108 valence electrons. The van der Waals surface area contributed by atoms with Crippen molar-refractivity contribution in [3.05, 3.63) is 29.8 Å². The molecule has 1 saturated heterocycles. The van der Waals surface area contributed by atoms with Crippen molar-refractivity contribution in [1.29, 1.82) is 0 Å². The summed E-state index contributed by atoms with van der Waals surface area (Å²) in [7, 11) is 1.48. The Labute approximate surface area is 120 Å². The Morgan fingerprint density at radius 1 is 1.40 bits per heavy atom. The lowest BCUT2D eigenvalue weighted by Gasteiger charge is -2.29. The van der Waals surface area contributed by atoms with Crippen molar-refractivity contribution in [1.82, 2.24) is 4.90 Å². The van der Waals surface area contributed by atoms with Crippen LogP contribution in [0.25, 0.3) is 0 Å². The molecule has 1 heterocycles. The van der Waals surface area contributed by atoms with Crippen LogP contribution in [0.1, 0.15) is 24.8 Å². The van der Waals surface area contributed by atoms with Gasteiger partial charge in [-0.1, -0.05) is 18.2 Å². The molecule has 0 aromatic heterocycles. The fourth-order valence-corrected chi connectivity index (χ4v) is 3.08. The minimum absolute atomic E-state index is 0.149. The molecule has 1 aromatic rings. The average Bonchev–Trinajstić information content (AvgIpc) is 3.22. The molecular weight excluding hydrogens is 252 g/mol. The lowest BCUT2D eigenvalue weighted by Crippen LogP contribution is -2.49. The molecule has 2 aliphatic rings. The van der Waals surface area contributed by atoms with Crippen LogP contribution >= 0.6 is 0 Å². The topological polar surface area (TPSA) is 41.6 Å². The van der Waals surface area contributed by atoms with E-state index in [-0.39, 0.29) is 5.97 Å². The lowest BCUT2D eigenvalue weighted by atomic mass is 9.97. The van der Waals surface area contributed by atoms with E-state index in [0.717, 1.165) is 30.8 Å². The zero-order valence-electron chi connectivity index (χ0n) is 12.2. The van der Waals surface area contributed by atoms with Gasteiger partial charge in [-0.2, -0.15) is 0 Å².